The van der Waals surface area contributed by atoms with Gasteiger partial charge < -0.3 is 9.64 Å². The van der Waals surface area contributed by atoms with Crippen molar-refractivity contribution < 1.29 is 4.74 Å². The van der Waals surface area contributed by atoms with Gasteiger partial charge in [-0.05, 0) is 31.2 Å². The Kier molecular flexibility index (Phi) is 5.09. The van der Waals surface area contributed by atoms with E-state index in [-0.39, 0.29) is 0 Å². The molecule has 4 rings (SSSR count). The van der Waals surface area contributed by atoms with Crippen LogP contribution in [0.25, 0.3) is 10.2 Å². The van der Waals surface area contributed by atoms with E-state index in [0.29, 0.717) is 6.04 Å². The Morgan fingerprint density at radius 3 is 2.65 bits per heavy atom. The average Bonchev–Trinajstić information content (AvgIpc) is 3.10. The first-order chi connectivity index (χ1) is 12.7. The van der Waals surface area contributed by atoms with Crippen molar-refractivity contribution in [3.05, 3.63) is 53.5 Å². The predicted molar refractivity (Wildman–Crippen MR) is 110 cm³/mol. The van der Waals surface area contributed by atoms with Crippen LogP contribution in [0.3, 0.4) is 0 Å². The fourth-order valence-electron chi connectivity index (χ4n) is 3.62. The molecule has 26 heavy (non-hydrogen) atoms. The number of anilines is 1. The van der Waals surface area contributed by atoms with Gasteiger partial charge >= 0.3 is 0 Å². The molecule has 0 amide bonds. The molecule has 1 aliphatic heterocycles. The molecule has 1 aliphatic rings. The van der Waals surface area contributed by atoms with Crippen molar-refractivity contribution in [2.24, 2.45) is 0 Å². The van der Waals surface area contributed by atoms with E-state index in [1.807, 2.05) is 17.4 Å². The molecule has 1 fully saturated rings. The molecule has 1 aromatic heterocycles. The first kappa shape index (κ1) is 17.3. The molecule has 0 bridgehead atoms. The molecular formula is C21H25N3OS. The molecule has 5 heteroatoms. The zero-order valence-electron chi connectivity index (χ0n) is 15.4. The van der Waals surface area contributed by atoms with Crippen LogP contribution < -0.4 is 9.64 Å². The summed E-state index contributed by atoms with van der Waals surface area (Å²) in [7, 11) is 1.72. The minimum Gasteiger partial charge on any atom is -0.497 e. The van der Waals surface area contributed by atoms with Crippen LogP contribution in [0.4, 0.5) is 5.69 Å². The third kappa shape index (κ3) is 3.69. The second-order valence-corrected chi connectivity index (χ2v) is 7.97. The highest BCUT2D eigenvalue weighted by Gasteiger charge is 2.22. The van der Waals surface area contributed by atoms with Crippen molar-refractivity contribution in [3.63, 3.8) is 0 Å². The maximum Gasteiger partial charge on any atom is 0.120 e. The van der Waals surface area contributed by atoms with Crippen LogP contribution in [0.2, 0.25) is 0 Å². The highest BCUT2D eigenvalue weighted by Crippen LogP contribution is 2.25. The second kappa shape index (κ2) is 7.64. The number of rotatable bonds is 5. The van der Waals surface area contributed by atoms with Crippen molar-refractivity contribution in [1.82, 2.24) is 9.88 Å². The van der Waals surface area contributed by atoms with E-state index in [4.69, 9.17) is 9.72 Å². The molecule has 0 saturated carbocycles. The Hall–Kier alpha value is -2.11. The summed E-state index contributed by atoms with van der Waals surface area (Å²) in [5.41, 5.74) is 2.38. The standard InChI is InChI=1S/C21H25N3OS/c1-16(14-21-22-19-8-3-4-9-20(19)26-21)23-10-12-24(13-11-23)17-6-5-7-18(15-17)25-2/h3-9,15-16H,10-14H2,1-2H3/t16-/m0/s1. The Bertz CT molecular complexity index is 837. The van der Waals surface area contributed by atoms with Crippen LogP contribution in [-0.2, 0) is 6.42 Å². The van der Waals surface area contributed by atoms with E-state index in [1.165, 1.54) is 15.4 Å². The quantitative estimate of drug-likeness (QED) is 0.680. The van der Waals surface area contributed by atoms with E-state index in [2.05, 4.69) is 59.2 Å². The van der Waals surface area contributed by atoms with Crippen molar-refractivity contribution in [2.75, 3.05) is 38.2 Å². The van der Waals surface area contributed by atoms with E-state index >= 15 is 0 Å². The lowest BCUT2D eigenvalue weighted by molar-refractivity contribution is 0.196. The van der Waals surface area contributed by atoms with Crippen LogP contribution in [-0.4, -0.2) is 49.2 Å². The maximum atomic E-state index is 5.35. The van der Waals surface area contributed by atoms with Crippen molar-refractivity contribution in [3.8, 4) is 5.75 Å². The Labute approximate surface area is 159 Å². The smallest absolute Gasteiger partial charge is 0.120 e. The fraction of sp³-hybridized carbons (Fsp3) is 0.381. The molecule has 1 saturated heterocycles. The molecule has 0 aliphatic carbocycles. The zero-order chi connectivity index (χ0) is 17.9. The molecule has 4 nitrogen and oxygen atoms in total. The van der Waals surface area contributed by atoms with Crippen LogP contribution in [0, 0.1) is 0 Å². The summed E-state index contributed by atoms with van der Waals surface area (Å²) < 4.78 is 6.64. The Balaban J connectivity index is 1.36. The van der Waals surface area contributed by atoms with Gasteiger partial charge in [0.2, 0.25) is 0 Å². The minimum atomic E-state index is 0.517. The predicted octanol–water partition coefficient (Wildman–Crippen LogP) is 4.06. The number of fused-ring (bicyclic) bond motifs is 1. The van der Waals surface area contributed by atoms with Crippen molar-refractivity contribution >= 4 is 27.2 Å². The van der Waals surface area contributed by atoms with Gasteiger partial charge in [-0.25, -0.2) is 4.98 Å². The van der Waals surface area contributed by atoms with Crippen LogP contribution in [0.1, 0.15) is 11.9 Å². The number of hydrogen-bond donors (Lipinski definition) is 0. The van der Waals surface area contributed by atoms with Crippen molar-refractivity contribution in [2.45, 2.75) is 19.4 Å². The third-order valence-electron chi connectivity index (χ3n) is 5.16. The van der Waals surface area contributed by atoms with E-state index in [0.717, 1.165) is 43.9 Å². The number of hydrogen-bond acceptors (Lipinski definition) is 5. The van der Waals surface area contributed by atoms with Gasteiger partial charge in [-0.3, -0.25) is 4.90 Å². The number of methoxy groups -OCH3 is 1. The topological polar surface area (TPSA) is 28.6 Å². The van der Waals surface area contributed by atoms with Gasteiger partial charge in [0, 0.05) is 50.4 Å². The van der Waals surface area contributed by atoms with E-state index < -0.39 is 0 Å². The average molecular weight is 368 g/mol. The van der Waals surface area contributed by atoms with Gasteiger partial charge in [0.15, 0.2) is 0 Å². The molecule has 2 aromatic carbocycles. The van der Waals surface area contributed by atoms with Crippen LogP contribution in [0.5, 0.6) is 5.75 Å². The highest BCUT2D eigenvalue weighted by molar-refractivity contribution is 7.18. The number of benzene rings is 2. The summed E-state index contributed by atoms with van der Waals surface area (Å²) in [6, 6.07) is 17.3. The number of thiazole rings is 1. The van der Waals surface area contributed by atoms with Gasteiger partial charge in [-0.15, -0.1) is 11.3 Å². The van der Waals surface area contributed by atoms with Gasteiger partial charge in [0.1, 0.15) is 5.75 Å². The number of aromatic nitrogens is 1. The Morgan fingerprint density at radius 1 is 1.08 bits per heavy atom. The largest absolute Gasteiger partial charge is 0.497 e. The molecule has 1 atom stereocenters. The number of ether oxygens (including phenoxy) is 1. The molecule has 0 radical (unpaired) electrons. The van der Waals surface area contributed by atoms with Crippen LogP contribution >= 0.6 is 11.3 Å². The molecule has 3 aromatic rings. The molecule has 0 N–H and O–H groups in total. The van der Waals surface area contributed by atoms with Crippen molar-refractivity contribution in [1.29, 1.82) is 0 Å². The van der Waals surface area contributed by atoms with E-state index in [1.54, 1.807) is 7.11 Å². The molecule has 0 unspecified atom stereocenters. The van der Waals surface area contributed by atoms with Gasteiger partial charge in [-0.2, -0.15) is 0 Å². The number of piperazine rings is 1. The summed E-state index contributed by atoms with van der Waals surface area (Å²) >= 11 is 1.83. The molecule has 136 valence electrons. The second-order valence-electron chi connectivity index (χ2n) is 6.85. The molecule has 0 spiro atoms. The molecule has 2 heterocycles. The minimum absolute atomic E-state index is 0.517. The normalized spacial score (nSPS) is 16.8. The zero-order valence-corrected chi connectivity index (χ0v) is 16.2. The maximum absolute atomic E-state index is 5.35. The lowest BCUT2D eigenvalue weighted by atomic mass is 10.1. The van der Waals surface area contributed by atoms with Gasteiger partial charge in [0.25, 0.3) is 0 Å². The SMILES string of the molecule is COc1cccc(N2CCN([C@@H](C)Cc3nc4ccccc4s3)CC2)c1. The third-order valence-corrected chi connectivity index (χ3v) is 6.22. The first-order valence-electron chi connectivity index (χ1n) is 9.20. The first-order valence-corrected chi connectivity index (χ1v) is 10.0. The lowest BCUT2D eigenvalue weighted by Crippen LogP contribution is -2.50. The monoisotopic (exact) mass is 367 g/mol. The van der Waals surface area contributed by atoms with Crippen LogP contribution in [0.15, 0.2) is 48.5 Å². The Morgan fingerprint density at radius 2 is 1.88 bits per heavy atom. The van der Waals surface area contributed by atoms with Gasteiger partial charge in [0.05, 0.1) is 22.3 Å². The molecular weight excluding hydrogens is 342 g/mol. The summed E-state index contributed by atoms with van der Waals surface area (Å²) in [5.74, 6) is 0.925. The summed E-state index contributed by atoms with van der Waals surface area (Å²) in [4.78, 5) is 9.83. The van der Waals surface area contributed by atoms with E-state index in [9.17, 15) is 0 Å². The van der Waals surface area contributed by atoms with Gasteiger partial charge in [-0.1, -0.05) is 18.2 Å². The fourth-order valence-corrected chi connectivity index (χ4v) is 4.70. The number of nitrogens with zero attached hydrogens (tertiary/aromatic N) is 3. The summed E-state index contributed by atoms with van der Waals surface area (Å²) in [6.07, 6.45) is 1.03. The lowest BCUT2D eigenvalue weighted by Gasteiger charge is -2.39. The highest BCUT2D eigenvalue weighted by atomic mass is 32.1. The number of para-hydroxylation sites is 1. The summed E-state index contributed by atoms with van der Waals surface area (Å²) in [6.45, 7) is 6.61. The summed E-state index contributed by atoms with van der Waals surface area (Å²) in [5, 5.41) is 1.24.